The summed E-state index contributed by atoms with van der Waals surface area (Å²) in [7, 11) is 0. The van der Waals surface area contributed by atoms with Gasteiger partial charge in [-0.25, -0.2) is 4.98 Å². The van der Waals surface area contributed by atoms with Gasteiger partial charge in [0.25, 0.3) is 0 Å². The molecule has 90 valence electrons. The number of hydrogen-bond acceptors (Lipinski definition) is 4. The Bertz CT molecular complexity index is 706. The molecule has 1 aromatic carbocycles. The number of nitrogens with zero attached hydrogens (tertiary/aromatic N) is 2. The maximum atomic E-state index is 5.80. The van der Waals surface area contributed by atoms with Crippen LogP contribution in [0, 0.1) is 6.92 Å². The molecule has 0 fully saturated rings. The van der Waals surface area contributed by atoms with Crippen molar-refractivity contribution in [1.29, 1.82) is 0 Å². The van der Waals surface area contributed by atoms with Gasteiger partial charge in [-0.15, -0.1) is 11.8 Å². The molecule has 0 aliphatic rings. The Morgan fingerprint density at radius 2 is 2.11 bits per heavy atom. The Morgan fingerprint density at radius 1 is 1.22 bits per heavy atom. The SMILES string of the molecule is CSc1cnccc1-c1nc2cc(C)ccc2o1. The van der Waals surface area contributed by atoms with Crippen LogP contribution in [0.15, 0.2) is 46.0 Å². The fourth-order valence-corrected chi connectivity index (χ4v) is 2.41. The van der Waals surface area contributed by atoms with E-state index in [1.165, 1.54) is 5.56 Å². The molecule has 0 atom stereocenters. The molecule has 3 nitrogen and oxygen atoms in total. The van der Waals surface area contributed by atoms with Crippen molar-refractivity contribution < 1.29 is 4.42 Å². The van der Waals surface area contributed by atoms with Crippen LogP contribution in [0.1, 0.15) is 5.56 Å². The molecule has 18 heavy (non-hydrogen) atoms. The molecule has 0 radical (unpaired) electrons. The lowest BCUT2D eigenvalue weighted by Crippen LogP contribution is -1.83. The van der Waals surface area contributed by atoms with Gasteiger partial charge in [0, 0.05) is 17.3 Å². The third-order valence-corrected chi connectivity index (χ3v) is 3.54. The number of rotatable bonds is 2. The Kier molecular flexibility index (Phi) is 2.80. The Balaban J connectivity index is 2.19. The highest BCUT2D eigenvalue weighted by atomic mass is 32.2. The Hall–Kier alpha value is -1.81. The zero-order valence-corrected chi connectivity index (χ0v) is 11.0. The van der Waals surface area contributed by atoms with E-state index < -0.39 is 0 Å². The van der Waals surface area contributed by atoms with Gasteiger partial charge in [0.2, 0.25) is 5.89 Å². The molecule has 3 aromatic rings. The maximum absolute atomic E-state index is 5.80. The number of fused-ring (bicyclic) bond motifs is 1. The second-order valence-electron chi connectivity index (χ2n) is 4.07. The number of aryl methyl sites for hydroxylation is 1. The topological polar surface area (TPSA) is 38.9 Å². The van der Waals surface area contributed by atoms with E-state index in [2.05, 4.69) is 9.97 Å². The molecule has 0 bridgehead atoms. The lowest BCUT2D eigenvalue weighted by atomic mass is 10.2. The van der Waals surface area contributed by atoms with Crippen LogP contribution in [0.3, 0.4) is 0 Å². The van der Waals surface area contributed by atoms with Gasteiger partial charge in [0.05, 0.1) is 5.56 Å². The van der Waals surface area contributed by atoms with Gasteiger partial charge in [-0.3, -0.25) is 4.98 Å². The van der Waals surface area contributed by atoms with Crippen molar-refractivity contribution in [2.45, 2.75) is 11.8 Å². The van der Waals surface area contributed by atoms with Gasteiger partial charge >= 0.3 is 0 Å². The Morgan fingerprint density at radius 3 is 2.94 bits per heavy atom. The lowest BCUT2D eigenvalue weighted by Gasteiger charge is -2.00. The molecule has 0 amide bonds. The van der Waals surface area contributed by atoms with Crippen LogP contribution in [-0.4, -0.2) is 16.2 Å². The molecule has 3 rings (SSSR count). The monoisotopic (exact) mass is 256 g/mol. The number of thioether (sulfide) groups is 1. The van der Waals surface area contributed by atoms with Gasteiger partial charge in [0.1, 0.15) is 5.52 Å². The van der Waals surface area contributed by atoms with Crippen molar-refractivity contribution in [2.75, 3.05) is 6.26 Å². The molecule has 0 aliphatic carbocycles. The first-order valence-corrected chi connectivity index (χ1v) is 6.86. The number of oxazole rings is 1. The highest BCUT2D eigenvalue weighted by Gasteiger charge is 2.11. The van der Waals surface area contributed by atoms with Crippen LogP contribution < -0.4 is 0 Å². The van der Waals surface area contributed by atoms with Crippen molar-refractivity contribution in [1.82, 2.24) is 9.97 Å². The normalized spacial score (nSPS) is 11.0. The maximum Gasteiger partial charge on any atom is 0.228 e. The van der Waals surface area contributed by atoms with Crippen molar-refractivity contribution in [2.24, 2.45) is 0 Å². The summed E-state index contributed by atoms with van der Waals surface area (Å²) in [5, 5.41) is 0. The number of benzene rings is 1. The minimum absolute atomic E-state index is 0.655. The molecule has 2 heterocycles. The van der Waals surface area contributed by atoms with E-state index in [9.17, 15) is 0 Å². The summed E-state index contributed by atoms with van der Waals surface area (Å²) in [6, 6.07) is 7.95. The summed E-state index contributed by atoms with van der Waals surface area (Å²) in [6.45, 7) is 2.05. The second kappa shape index (κ2) is 4.46. The van der Waals surface area contributed by atoms with Gasteiger partial charge in [-0.05, 0) is 36.9 Å². The molecule has 2 aromatic heterocycles. The van der Waals surface area contributed by atoms with E-state index in [1.807, 2.05) is 43.6 Å². The minimum Gasteiger partial charge on any atom is -0.436 e. The first-order valence-electron chi connectivity index (χ1n) is 5.63. The molecule has 4 heteroatoms. The molecule has 0 N–H and O–H groups in total. The van der Waals surface area contributed by atoms with Gasteiger partial charge in [0.15, 0.2) is 5.58 Å². The molecular weight excluding hydrogens is 244 g/mol. The summed E-state index contributed by atoms with van der Waals surface area (Å²) in [4.78, 5) is 9.73. The van der Waals surface area contributed by atoms with E-state index in [0.29, 0.717) is 5.89 Å². The van der Waals surface area contributed by atoms with E-state index >= 15 is 0 Å². The molecule has 0 saturated carbocycles. The molecular formula is C14H12N2OS. The average Bonchev–Trinajstić information content (AvgIpc) is 2.81. The Labute approximate surface area is 109 Å². The summed E-state index contributed by atoms with van der Waals surface area (Å²) in [6.07, 6.45) is 5.61. The second-order valence-corrected chi connectivity index (χ2v) is 4.91. The van der Waals surface area contributed by atoms with Crippen LogP contribution in [0.25, 0.3) is 22.6 Å². The zero-order valence-electron chi connectivity index (χ0n) is 10.2. The van der Waals surface area contributed by atoms with E-state index in [0.717, 1.165) is 21.6 Å². The van der Waals surface area contributed by atoms with Gasteiger partial charge in [-0.2, -0.15) is 0 Å². The third kappa shape index (κ3) is 1.88. The highest BCUT2D eigenvalue weighted by molar-refractivity contribution is 7.98. The average molecular weight is 256 g/mol. The summed E-state index contributed by atoms with van der Waals surface area (Å²) < 4.78 is 5.80. The molecule has 0 unspecified atom stereocenters. The van der Waals surface area contributed by atoms with Crippen LogP contribution in [-0.2, 0) is 0 Å². The number of hydrogen-bond donors (Lipinski definition) is 0. The fraction of sp³-hybridized carbons (Fsp3) is 0.143. The van der Waals surface area contributed by atoms with Crippen LogP contribution >= 0.6 is 11.8 Å². The van der Waals surface area contributed by atoms with Crippen LogP contribution in [0.2, 0.25) is 0 Å². The van der Waals surface area contributed by atoms with Crippen molar-refractivity contribution in [3.05, 3.63) is 42.2 Å². The highest BCUT2D eigenvalue weighted by Crippen LogP contribution is 2.31. The minimum atomic E-state index is 0.655. The van der Waals surface area contributed by atoms with Crippen LogP contribution in [0.4, 0.5) is 0 Å². The first-order chi connectivity index (χ1) is 8.78. The summed E-state index contributed by atoms with van der Waals surface area (Å²) in [5.41, 5.74) is 3.89. The predicted molar refractivity (Wildman–Crippen MR) is 73.8 cm³/mol. The molecule has 0 spiro atoms. The standard InChI is InChI=1S/C14H12N2OS/c1-9-3-4-12-11(7-9)16-14(17-12)10-5-6-15-8-13(10)18-2/h3-8H,1-2H3. The van der Waals surface area contributed by atoms with Crippen molar-refractivity contribution in [3.8, 4) is 11.5 Å². The van der Waals surface area contributed by atoms with Gasteiger partial charge < -0.3 is 4.42 Å². The first kappa shape index (κ1) is 11.3. The van der Waals surface area contributed by atoms with Crippen molar-refractivity contribution >= 4 is 22.9 Å². The van der Waals surface area contributed by atoms with Crippen molar-refractivity contribution in [3.63, 3.8) is 0 Å². The van der Waals surface area contributed by atoms with E-state index in [1.54, 1.807) is 18.0 Å². The zero-order chi connectivity index (χ0) is 12.5. The quantitative estimate of drug-likeness (QED) is 0.651. The number of aromatic nitrogens is 2. The summed E-state index contributed by atoms with van der Waals surface area (Å²) in [5.74, 6) is 0.655. The third-order valence-electron chi connectivity index (χ3n) is 2.78. The molecule has 0 aliphatic heterocycles. The fourth-order valence-electron chi connectivity index (χ4n) is 1.87. The largest absolute Gasteiger partial charge is 0.436 e. The smallest absolute Gasteiger partial charge is 0.228 e. The predicted octanol–water partition coefficient (Wildman–Crippen LogP) is 3.92. The molecule has 0 saturated heterocycles. The van der Waals surface area contributed by atoms with Gasteiger partial charge in [-0.1, -0.05) is 6.07 Å². The van der Waals surface area contributed by atoms with E-state index in [-0.39, 0.29) is 0 Å². The van der Waals surface area contributed by atoms with E-state index in [4.69, 9.17) is 4.42 Å². The summed E-state index contributed by atoms with van der Waals surface area (Å²) >= 11 is 1.64. The van der Waals surface area contributed by atoms with Crippen LogP contribution in [0.5, 0.6) is 0 Å². The lowest BCUT2D eigenvalue weighted by molar-refractivity contribution is 0.618. The number of pyridine rings is 1.